The molecule has 0 N–H and O–H groups in total. The number of carbonyl (C=O) groups excluding carboxylic acids is 1. The van der Waals surface area contributed by atoms with Crippen molar-refractivity contribution in [1.29, 1.82) is 0 Å². The van der Waals surface area contributed by atoms with Crippen molar-refractivity contribution in [2.75, 3.05) is 19.9 Å². The molecule has 172 valence electrons. The largest absolute Gasteiger partial charge is 0.468 e. The highest BCUT2D eigenvalue weighted by Crippen LogP contribution is 2.52. The molecule has 0 saturated carbocycles. The standard InChI is InChI=1S/C26H27NO4S2/c1-31-25(28)24-18-23(19-27(24)33(2,29)30)32-26(20-12-6-3-7-13-20,21-14-8-4-9-15-21)22-16-10-5-11-17-22/h3-17,23-24H,18-19H2,1-2H3/t23-,24?/m1/s1. The van der Waals surface area contributed by atoms with Crippen LogP contribution in [-0.2, 0) is 24.3 Å². The van der Waals surface area contributed by atoms with Crippen molar-refractivity contribution in [2.45, 2.75) is 22.5 Å². The third kappa shape index (κ3) is 4.71. The summed E-state index contributed by atoms with van der Waals surface area (Å²) in [7, 11) is -2.27. The van der Waals surface area contributed by atoms with Gasteiger partial charge in [0.15, 0.2) is 0 Å². The monoisotopic (exact) mass is 481 g/mol. The second-order valence-corrected chi connectivity index (χ2v) is 11.6. The minimum atomic E-state index is -3.57. The van der Waals surface area contributed by atoms with Crippen molar-refractivity contribution in [1.82, 2.24) is 4.31 Å². The van der Waals surface area contributed by atoms with E-state index in [1.165, 1.54) is 11.4 Å². The third-order valence-electron chi connectivity index (χ3n) is 6.00. The summed E-state index contributed by atoms with van der Waals surface area (Å²) >= 11 is 1.70. The number of nitrogens with zero attached hydrogens (tertiary/aromatic N) is 1. The fraction of sp³-hybridized carbons (Fsp3) is 0.269. The van der Waals surface area contributed by atoms with Crippen molar-refractivity contribution in [3.8, 4) is 0 Å². The zero-order valence-corrected chi connectivity index (χ0v) is 20.3. The number of ether oxygens (including phenoxy) is 1. The number of hydrogen-bond donors (Lipinski definition) is 0. The number of hydrogen-bond acceptors (Lipinski definition) is 5. The molecule has 0 amide bonds. The van der Waals surface area contributed by atoms with Crippen LogP contribution in [0.15, 0.2) is 91.0 Å². The lowest BCUT2D eigenvalue weighted by molar-refractivity contribution is -0.144. The lowest BCUT2D eigenvalue weighted by Gasteiger charge is -2.37. The topological polar surface area (TPSA) is 63.7 Å². The smallest absolute Gasteiger partial charge is 0.324 e. The van der Waals surface area contributed by atoms with E-state index < -0.39 is 26.8 Å². The van der Waals surface area contributed by atoms with Gasteiger partial charge in [0, 0.05) is 11.8 Å². The van der Waals surface area contributed by atoms with E-state index >= 15 is 0 Å². The maximum Gasteiger partial charge on any atom is 0.324 e. The molecule has 0 aromatic heterocycles. The highest BCUT2D eigenvalue weighted by Gasteiger charge is 2.47. The Kier molecular flexibility index (Phi) is 6.93. The molecule has 0 bridgehead atoms. The molecule has 1 heterocycles. The van der Waals surface area contributed by atoms with Crippen LogP contribution in [0.3, 0.4) is 0 Å². The van der Waals surface area contributed by atoms with Crippen LogP contribution in [0.25, 0.3) is 0 Å². The Hall–Kier alpha value is -2.61. The number of benzene rings is 3. The molecule has 2 atom stereocenters. The van der Waals surface area contributed by atoms with Crippen molar-refractivity contribution < 1.29 is 17.9 Å². The first-order chi connectivity index (χ1) is 15.9. The van der Waals surface area contributed by atoms with Crippen LogP contribution in [0, 0.1) is 0 Å². The maximum absolute atomic E-state index is 12.5. The van der Waals surface area contributed by atoms with Gasteiger partial charge < -0.3 is 4.74 Å². The van der Waals surface area contributed by atoms with E-state index in [0.29, 0.717) is 6.42 Å². The van der Waals surface area contributed by atoms with E-state index in [2.05, 4.69) is 36.4 Å². The van der Waals surface area contributed by atoms with Gasteiger partial charge in [0.2, 0.25) is 10.0 Å². The van der Waals surface area contributed by atoms with Crippen LogP contribution < -0.4 is 0 Å². The number of thioether (sulfide) groups is 1. The molecule has 33 heavy (non-hydrogen) atoms. The zero-order valence-electron chi connectivity index (χ0n) is 18.6. The van der Waals surface area contributed by atoms with Crippen LogP contribution in [0.5, 0.6) is 0 Å². The van der Waals surface area contributed by atoms with Gasteiger partial charge >= 0.3 is 5.97 Å². The fourth-order valence-corrected chi connectivity index (χ4v) is 7.55. The SMILES string of the molecule is COC(=O)C1C[C@@H](SC(c2ccccc2)(c2ccccc2)c2ccccc2)CN1S(C)(=O)=O. The average Bonchev–Trinajstić information content (AvgIpc) is 3.28. The van der Waals surface area contributed by atoms with Gasteiger partial charge in [0.05, 0.1) is 18.1 Å². The summed E-state index contributed by atoms with van der Waals surface area (Å²) in [4.78, 5) is 12.5. The predicted octanol–water partition coefficient (Wildman–Crippen LogP) is 4.29. The zero-order chi connectivity index (χ0) is 23.5. The molecule has 0 spiro atoms. The molecule has 4 rings (SSSR count). The van der Waals surface area contributed by atoms with Gasteiger partial charge in [0.25, 0.3) is 0 Å². The first-order valence-corrected chi connectivity index (χ1v) is 13.5. The Labute approximate surface area is 199 Å². The summed E-state index contributed by atoms with van der Waals surface area (Å²) in [5, 5.41) is -0.121. The van der Waals surface area contributed by atoms with Gasteiger partial charge in [-0.05, 0) is 23.1 Å². The van der Waals surface area contributed by atoms with E-state index in [1.54, 1.807) is 11.8 Å². The van der Waals surface area contributed by atoms with Gasteiger partial charge in [0.1, 0.15) is 6.04 Å². The Morgan fingerprint density at radius 2 is 1.30 bits per heavy atom. The van der Waals surface area contributed by atoms with Crippen molar-refractivity contribution in [3.63, 3.8) is 0 Å². The normalized spacial score (nSPS) is 19.3. The first kappa shape index (κ1) is 23.5. The highest BCUT2D eigenvalue weighted by atomic mass is 32.2. The molecule has 0 aliphatic carbocycles. The molecule has 1 aliphatic rings. The van der Waals surface area contributed by atoms with Gasteiger partial charge in [-0.25, -0.2) is 8.42 Å². The molecular formula is C26H27NO4S2. The molecule has 3 aromatic carbocycles. The molecule has 1 aliphatic heterocycles. The molecular weight excluding hydrogens is 454 g/mol. The minimum Gasteiger partial charge on any atom is -0.468 e. The van der Waals surface area contributed by atoms with Gasteiger partial charge in [-0.2, -0.15) is 4.31 Å². The lowest BCUT2D eigenvalue weighted by atomic mass is 9.84. The van der Waals surface area contributed by atoms with Gasteiger partial charge in [-0.3, -0.25) is 4.79 Å². The second-order valence-electron chi connectivity index (χ2n) is 8.13. The first-order valence-electron chi connectivity index (χ1n) is 10.8. The Morgan fingerprint density at radius 1 is 0.879 bits per heavy atom. The van der Waals surface area contributed by atoms with Crippen molar-refractivity contribution in [3.05, 3.63) is 108 Å². The molecule has 1 saturated heterocycles. The summed E-state index contributed by atoms with van der Waals surface area (Å²) in [6.07, 6.45) is 1.54. The number of rotatable bonds is 7. The van der Waals surface area contributed by atoms with Crippen LogP contribution in [0.2, 0.25) is 0 Å². The Morgan fingerprint density at radius 3 is 1.67 bits per heavy atom. The average molecular weight is 482 g/mol. The molecule has 3 aromatic rings. The van der Waals surface area contributed by atoms with Gasteiger partial charge in [-0.1, -0.05) is 91.0 Å². The van der Waals surface area contributed by atoms with Crippen LogP contribution in [0.1, 0.15) is 23.1 Å². The van der Waals surface area contributed by atoms with E-state index in [4.69, 9.17) is 4.74 Å². The summed E-state index contributed by atoms with van der Waals surface area (Å²) in [5.41, 5.74) is 3.29. The Balaban J connectivity index is 1.85. The van der Waals surface area contributed by atoms with Crippen molar-refractivity contribution >= 4 is 27.8 Å². The summed E-state index contributed by atoms with van der Waals surface area (Å²) in [6.45, 7) is 0.248. The number of esters is 1. The number of carbonyl (C=O) groups is 1. The van der Waals surface area contributed by atoms with E-state index in [1.807, 2.05) is 54.6 Å². The Bertz CT molecular complexity index is 1090. The van der Waals surface area contributed by atoms with Crippen LogP contribution in [-0.4, -0.2) is 49.9 Å². The predicted molar refractivity (Wildman–Crippen MR) is 133 cm³/mol. The van der Waals surface area contributed by atoms with E-state index in [-0.39, 0.29) is 11.8 Å². The molecule has 5 nitrogen and oxygen atoms in total. The number of methoxy groups -OCH3 is 1. The van der Waals surface area contributed by atoms with Crippen molar-refractivity contribution in [2.24, 2.45) is 0 Å². The van der Waals surface area contributed by atoms with E-state index in [0.717, 1.165) is 22.9 Å². The fourth-order valence-electron chi connectivity index (χ4n) is 4.54. The summed E-state index contributed by atoms with van der Waals surface area (Å²) in [6, 6.07) is 29.9. The number of sulfonamides is 1. The van der Waals surface area contributed by atoms with Crippen LogP contribution >= 0.6 is 11.8 Å². The lowest BCUT2D eigenvalue weighted by Crippen LogP contribution is -2.40. The third-order valence-corrected chi connectivity index (χ3v) is 8.99. The molecule has 7 heteroatoms. The molecule has 0 radical (unpaired) electrons. The summed E-state index contributed by atoms with van der Waals surface area (Å²) in [5.74, 6) is -0.520. The highest BCUT2D eigenvalue weighted by molar-refractivity contribution is 8.01. The molecule has 1 unspecified atom stereocenters. The minimum absolute atomic E-state index is 0.121. The molecule has 1 fully saturated rings. The van der Waals surface area contributed by atoms with Gasteiger partial charge in [-0.15, -0.1) is 11.8 Å². The second kappa shape index (κ2) is 9.71. The van der Waals surface area contributed by atoms with Crippen LogP contribution in [0.4, 0.5) is 0 Å². The maximum atomic E-state index is 12.5. The van der Waals surface area contributed by atoms with E-state index in [9.17, 15) is 13.2 Å². The quantitative estimate of drug-likeness (QED) is 0.372. The summed E-state index contributed by atoms with van der Waals surface area (Å²) < 4.78 is 30.6.